The smallest absolute Gasteiger partial charge is 0.271 e. The lowest BCUT2D eigenvalue weighted by Gasteiger charge is -2.07. The van der Waals surface area contributed by atoms with Gasteiger partial charge in [-0.1, -0.05) is 0 Å². The number of halogens is 1. The zero-order valence-corrected chi connectivity index (χ0v) is 12.1. The minimum Gasteiger partial charge on any atom is -0.504 e. The molecule has 114 valence electrons. The van der Waals surface area contributed by atoms with Crippen LogP contribution < -0.4 is 10.2 Å². The van der Waals surface area contributed by atoms with E-state index in [1.54, 1.807) is 19.1 Å². The molecule has 2 aromatic carbocycles. The Morgan fingerprint density at radius 1 is 1.18 bits per heavy atom. The van der Waals surface area contributed by atoms with Crippen LogP contribution in [0.2, 0.25) is 0 Å². The van der Waals surface area contributed by atoms with Crippen molar-refractivity contribution in [1.82, 2.24) is 5.43 Å². The number of hydrogen-bond donors (Lipinski definition) is 2. The zero-order valence-electron chi connectivity index (χ0n) is 12.1. The highest BCUT2D eigenvalue weighted by Crippen LogP contribution is 2.26. The number of phenolic OH excluding ortho intramolecular Hbond substituents is 1. The summed E-state index contributed by atoms with van der Waals surface area (Å²) < 4.78 is 17.8. The Labute approximate surface area is 127 Å². The molecule has 0 aromatic heterocycles. The molecule has 0 atom stereocenters. The Morgan fingerprint density at radius 3 is 2.45 bits per heavy atom. The van der Waals surface area contributed by atoms with Crippen LogP contribution in [0, 0.1) is 5.82 Å². The Kier molecular flexibility index (Phi) is 4.73. The monoisotopic (exact) mass is 302 g/mol. The summed E-state index contributed by atoms with van der Waals surface area (Å²) in [5.74, 6) is -0.510. The van der Waals surface area contributed by atoms with Crippen molar-refractivity contribution in [3.63, 3.8) is 0 Å². The highest BCUT2D eigenvalue weighted by atomic mass is 19.1. The molecule has 0 bridgehead atoms. The van der Waals surface area contributed by atoms with E-state index in [1.807, 2.05) is 0 Å². The normalized spacial score (nSPS) is 11.1. The highest BCUT2D eigenvalue weighted by Gasteiger charge is 2.07. The number of aromatic hydroxyl groups is 1. The van der Waals surface area contributed by atoms with Crippen LogP contribution in [-0.2, 0) is 0 Å². The summed E-state index contributed by atoms with van der Waals surface area (Å²) in [5.41, 5.74) is 3.92. The van der Waals surface area contributed by atoms with E-state index < -0.39 is 11.7 Å². The van der Waals surface area contributed by atoms with Crippen molar-refractivity contribution >= 4 is 11.6 Å². The first kappa shape index (κ1) is 15.5. The third kappa shape index (κ3) is 3.60. The van der Waals surface area contributed by atoms with Gasteiger partial charge < -0.3 is 9.84 Å². The number of rotatable bonds is 4. The number of nitrogens with one attached hydrogen (secondary N) is 1. The Balaban J connectivity index is 2.12. The molecule has 1 amide bonds. The van der Waals surface area contributed by atoms with Gasteiger partial charge in [0.15, 0.2) is 11.5 Å². The molecule has 6 heteroatoms. The molecule has 2 N–H and O–H groups in total. The second kappa shape index (κ2) is 6.71. The molecule has 0 aliphatic rings. The number of hydrogen-bond acceptors (Lipinski definition) is 4. The molecule has 0 heterocycles. The van der Waals surface area contributed by atoms with Crippen LogP contribution in [-0.4, -0.2) is 23.8 Å². The van der Waals surface area contributed by atoms with Crippen LogP contribution in [0.4, 0.5) is 4.39 Å². The average molecular weight is 302 g/mol. The fraction of sp³-hybridized carbons (Fsp3) is 0.125. The summed E-state index contributed by atoms with van der Waals surface area (Å²) in [4.78, 5) is 11.9. The topological polar surface area (TPSA) is 70.9 Å². The first-order valence-corrected chi connectivity index (χ1v) is 6.49. The molecule has 0 fully saturated rings. The molecule has 22 heavy (non-hydrogen) atoms. The van der Waals surface area contributed by atoms with Crippen molar-refractivity contribution in [1.29, 1.82) is 0 Å². The van der Waals surface area contributed by atoms with Crippen LogP contribution in [0.1, 0.15) is 22.8 Å². The maximum absolute atomic E-state index is 12.8. The van der Waals surface area contributed by atoms with E-state index in [2.05, 4.69) is 10.5 Å². The van der Waals surface area contributed by atoms with Crippen LogP contribution >= 0.6 is 0 Å². The number of phenols is 1. The highest BCUT2D eigenvalue weighted by molar-refractivity contribution is 6.01. The fourth-order valence-electron chi connectivity index (χ4n) is 1.77. The third-order valence-electron chi connectivity index (χ3n) is 3.03. The minimum atomic E-state index is -0.440. The largest absolute Gasteiger partial charge is 0.504 e. The van der Waals surface area contributed by atoms with Gasteiger partial charge in [-0.3, -0.25) is 4.79 Å². The Bertz CT molecular complexity index is 712. The molecular weight excluding hydrogens is 287 g/mol. The van der Waals surface area contributed by atoms with Crippen LogP contribution in [0.5, 0.6) is 11.5 Å². The van der Waals surface area contributed by atoms with Gasteiger partial charge in [0.05, 0.1) is 12.8 Å². The number of carbonyl (C=O) groups excluding carboxylic acids is 1. The molecule has 2 aromatic rings. The van der Waals surface area contributed by atoms with E-state index in [4.69, 9.17) is 4.74 Å². The van der Waals surface area contributed by atoms with E-state index in [1.165, 1.54) is 37.4 Å². The van der Waals surface area contributed by atoms with E-state index in [0.29, 0.717) is 22.6 Å². The van der Waals surface area contributed by atoms with Gasteiger partial charge in [-0.2, -0.15) is 5.10 Å². The van der Waals surface area contributed by atoms with Crippen molar-refractivity contribution in [2.45, 2.75) is 6.92 Å². The molecule has 0 unspecified atom stereocenters. The first-order chi connectivity index (χ1) is 10.5. The summed E-state index contributed by atoms with van der Waals surface area (Å²) in [6, 6.07) is 9.90. The van der Waals surface area contributed by atoms with Crippen molar-refractivity contribution < 1.29 is 19.0 Å². The molecule has 0 saturated carbocycles. The van der Waals surface area contributed by atoms with Crippen molar-refractivity contribution in [2.75, 3.05) is 7.11 Å². The Hall–Kier alpha value is -2.89. The van der Waals surface area contributed by atoms with Gasteiger partial charge in [0.1, 0.15) is 5.82 Å². The molecule has 0 saturated heterocycles. The predicted molar refractivity (Wildman–Crippen MR) is 80.7 cm³/mol. The maximum Gasteiger partial charge on any atom is 0.271 e. The maximum atomic E-state index is 12.8. The van der Waals surface area contributed by atoms with Crippen molar-refractivity contribution in [3.05, 3.63) is 59.4 Å². The van der Waals surface area contributed by atoms with Gasteiger partial charge in [-0.05, 0) is 49.4 Å². The van der Waals surface area contributed by atoms with Gasteiger partial charge in [0, 0.05) is 11.1 Å². The fourth-order valence-corrected chi connectivity index (χ4v) is 1.77. The molecule has 0 aliphatic heterocycles. The number of benzene rings is 2. The van der Waals surface area contributed by atoms with Gasteiger partial charge in [-0.15, -0.1) is 0 Å². The second-order valence-electron chi connectivity index (χ2n) is 4.53. The SMILES string of the molecule is COc1cc(/C(C)=N/NC(=O)c2ccc(F)cc2)ccc1O. The molecular formula is C16H15FN2O3. The van der Waals surface area contributed by atoms with Gasteiger partial charge in [-0.25, -0.2) is 9.82 Å². The third-order valence-corrected chi connectivity index (χ3v) is 3.03. The summed E-state index contributed by atoms with van der Waals surface area (Å²) in [5, 5.41) is 13.5. The predicted octanol–water partition coefficient (Wildman–Crippen LogP) is 2.69. The first-order valence-electron chi connectivity index (χ1n) is 6.49. The van der Waals surface area contributed by atoms with Crippen LogP contribution in [0.25, 0.3) is 0 Å². The lowest BCUT2D eigenvalue weighted by atomic mass is 10.1. The number of ether oxygens (including phenoxy) is 1. The van der Waals surface area contributed by atoms with E-state index in [-0.39, 0.29) is 5.75 Å². The number of carbonyl (C=O) groups is 1. The van der Waals surface area contributed by atoms with E-state index in [0.717, 1.165) is 0 Å². The number of hydrazone groups is 1. The number of amides is 1. The standard InChI is InChI=1S/C16H15FN2O3/c1-10(12-5-8-14(20)15(9-12)22-2)18-19-16(21)11-3-6-13(17)7-4-11/h3-9,20H,1-2H3,(H,19,21)/b18-10+. The van der Waals surface area contributed by atoms with Crippen molar-refractivity contribution in [2.24, 2.45) is 5.10 Å². The van der Waals surface area contributed by atoms with E-state index >= 15 is 0 Å². The Morgan fingerprint density at radius 2 is 1.82 bits per heavy atom. The van der Waals surface area contributed by atoms with Crippen LogP contribution in [0.3, 0.4) is 0 Å². The lowest BCUT2D eigenvalue weighted by molar-refractivity contribution is 0.0955. The van der Waals surface area contributed by atoms with Crippen LogP contribution in [0.15, 0.2) is 47.6 Å². The van der Waals surface area contributed by atoms with Gasteiger partial charge in [0.2, 0.25) is 0 Å². The van der Waals surface area contributed by atoms with Gasteiger partial charge >= 0.3 is 0 Å². The zero-order chi connectivity index (χ0) is 16.1. The van der Waals surface area contributed by atoms with Gasteiger partial charge in [0.25, 0.3) is 5.91 Å². The summed E-state index contributed by atoms with van der Waals surface area (Å²) in [6.45, 7) is 1.71. The molecule has 0 spiro atoms. The second-order valence-corrected chi connectivity index (χ2v) is 4.53. The minimum absolute atomic E-state index is 0.0226. The summed E-state index contributed by atoms with van der Waals surface area (Å²) in [7, 11) is 1.45. The number of methoxy groups -OCH3 is 1. The van der Waals surface area contributed by atoms with E-state index in [9.17, 15) is 14.3 Å². The molecule has 0 aliphatic carbocycles. The average Bonchev–Trinajstić information content (AvgIpc) is 2.53. The summed E-state index contributed by atoms with van der Waals surface area (Å²) in [6.07, 6.45) is 0. The quantitative estimate of drug-likeness (QED) is 0.674. The lowest BCUT2D eigenvalue weighted by Crippen LogP contribution is -2.19. The number of nitrogens with zero attached hydrogens (tertiary/aromatic N) is 1. The molecule has 5 nitrogen and oxygen atoms in total. The molecule has 0 radical (unpaired) electrons. The van der Waals surface area contributed by atoms with Crippen molar-refractivity contribution in [3.8, 4) is 11.5 Å². The molecule has 2 rings (SSSR count). The summed E-state index contributed by atoms with van der Waals surface area (Å²) >= 11 is 0.